The van der Waals surface area contributed by atoms with Gasteiger partial charge >= 0.3 is 0 Å². The van der Waals surface area contributed by atoms with Crippen molar-refractivity contribution in [3.05, 3.63) is 47.7 Å². The molecule has 28 heavy (non-hydrogen) atoms. The fraction of sp³-hybridized carbons (Fsp3) is 0.600. The van der Waals surface area contributed by atoms with Gasteiger partial charge < -0.3 is 0 Å². The normalized spacial score (nSPS) is 19.1. The number of carbonyl (C=O) groups excluding carboxylic acids is 1. The summed E-state index contributed by atoms with van der Waals surface area (Å²) < 4.78 is 0. The molecule has 3 nitrogen and oxygen atoms in total. The molecule has 2 aliphatic rings. The monoisotopic (exact) mass is 380 g/mol. The topological polar surface area (TPSA) is 32.7 Å². The Bertz CT molecular complexity index is 658. The van der Waals surface area contributed by atoms with E-state index in [0.717, 1.165) is 25.0 Å². The van der Waals surface area contributed by atoms with Crippen LogP contribution in [0.2, 0.25) is 0 Å². The summed E-state index contributed by atoms with van der Waals surface area (Å²) in [6, 6.07) is 11.4. The van der Waals surface area contributed by atoms with E-state index in [1.165, 1.54) is 75.3 Å². The molecule has 1 aromatic carbocycles. The summed E-state index contributed by atoms with van der Waals surface area (Å²) in [7, 11) is 0. The Morgan fingerprint density at radius 1 is 1.14 bits per heavy atom. The largest absolute Gasteiger partial charge is 0.296 e. The lowest BCUT2D eigenvalue weighted by atomic mass is 9.91. The Balaban J connectivity index is 1.46. The molecular formula is C25H36N2O. The zero-order valence-electron chi connectivity index (χ0n) is 17.5. The predicted octanol–water partition coefficient (Wildman–Crippen LogP) is 6.29. The van der Waals surface area contributed by atoms with E-state index in [1.54, 1.807) is 0 Å². The highest BCUT2D eigenvalue weighted by Crippen LogP contribution is 2.28. The van der Waals surface area contributed by atoms with E-state index in [2.05, 4.69) is 53.6 Å². The van der Waals surface area contributed by atoms with Crippen molar-refractivity contribution in [2.45, 2.75) is 90.0 Å². The van der Waals surface area contributed by atoms with Crippen molar-refractivity contribution in [3.8, 4) is 0 Å². The van der Waals surface area contributed by atoms with Gasteiger partial charge in [0.2, 0.25) is 0 Å². The van der Waals surface area contributed by atoms with Crippen LogP contribution in [0.15, 0.2) is 47.2 Å². The summed E-state index contributed by atoms with van der Waals surface area (Å²) in [5, 5.41) is 6.71. The lowest BCUT2D eigenvalue weighted by Gasteiger charge is -2.32. The molecule has 1 saturated carbocycles. The van der Waals surface area contributed by atoms with Crippen LogP contribution < -0.4 is 0 Å². The van der Waals surface area contributed by atoms with Crippen LogP contribution >= 0.6 is 0 Å². The number of hydrogen-bond acceptors (Lipinski definition) is 3. The zero-order valence-corrected chi connectivity index (χ0v) is 17.5. The maximum absolute atomic E-state index is 11.4. The van der Waals surface area contributed by atoms with Crippen molar-refractivity contribution in [1.82, 2.24) is 5.01 Å². The molecule has 0 spiro atoms. The first-order valence-electron chi connectivity index (χ1n) is 11.3. The highest BCUT2D eigenvalue weighted by Gasteiger charge is 2.22. The summed E-state index contributed by atoms with van der Waals surface area (Å²) in [6.45, 7) is 2.31. The van der Waals surface area contributed by atoms with Gasteiger partial charge in [-0.25, -0.2) is 0 Å². The zero-order chi connectivity index (χ0) is 19.6. The minimum absolute atomic E-state index is 0.495. The molecule has 0 amide bonds. The first-order valence-corrected chi connectivity index (χ1v) is 11.3. The van der Waals surface area contributed by atoms with Gasteiger partial charge in [0, 0.05) is 12.6 Å². The van der Waals surface area contributed by atoms with Gasteiger partial charge in [0.25, 0.3) is 0 Å². The Labute approximate surface area is 170 Å². The van der Waals surface area contributed by atoms with Gasteiger partial charge in [-0.1, -0.05) is 75.8 Å². The van der Waals surface area contributed by atoms with Crippen LogP contribution in [0.3, 0.4) is 0 Å². The van der Waals surface area contributed by atoms with E-state index in [0.29, 0.717) is 11.8 Å². The molecule has 1 atom stereocenters. The number of nitrogens with zero attached hydrogens (tertiary/aromatic N) is 2. The van der Waals surface area contributed by atoms with Crippen molar-refractivity contribution in [1.29, 1.82) is 0 Å². The number of hydrazone groups is 1. The van der Waals surface area contributed by atoms with Gasteiger partial charge in [0.1, 0.15) is 5.71 Å². The summed E-state index contributed by atoms with van der Waals surface area (Å²) in [4.78, 5) is 11.4. The average Bonchev–Trinajstić information content (AvgIpc) is 2.77. The van der Waals surface area contributed by atoms with E-state index in [-0.39, 0.29) is 0 Å². The van der Waals surface area contributed by atoms with E-state index in [1.807, 2.05) is 0 Å². The molecule has 3 heteroatoms. The minimum Gasteiger partial charge on any atom is -0.296 e. The quantitative estimate of drug-likeness (QED) is 0.353. The second-order valence-electron chi connectivity index (χ2n) is 8.55. The molecule has 0 radical (unpaired) electrons. The fourth-order valence-electron chi connectivity index (χ4n) is 4.61. The van der Waals surface area contributed by atoms with Gasteiger partial charge in [-0.3, -0.25) is 9.80 Å². The molecular weight excluding hydrogens is 344 g/mol. The van der Waals surface area contributed by atoms with Gasteiger partial charge in [-0.05, 0) is 49.2 Å². The first kappa shape index (κ1) is 20.8. The van der Waals surface area contributed by atoms with Crippen LogP contribution in [0.25, 0.3) is 0 Å². The summed E-state index contributed by atoms with van der Waals surface area (Å²) in [5.74, 6) is 0.772. The third-order valence-corrected chi connectivity index (χ3v) is 6.36. The summed E-state index contributed by atoms with van der Waals surface area (Å²) >= 11 is 0. The number of aldehydes is 1. The van der Waals surface area contributed by atoms with Crippen molar-refractivity contribution in [2.24, 2.45) is 11.0 Å². The van der Waals surface area contributed by atoms with E-state index in [9.17, 15) is 4.79 Å². The second kappa shape index (κ2) is 11.2. The number of carbonyl (C=O) groups is 1. The first-order chi connectivity index (χ1) is 13.8. The highest BCUT2D eigenvalue weighted by molar-refractivity contribution is 6.29. The van der Waals surface area contributed by atoms with Gasteiger partial charge in [0.05, 0.1) is 6.04 Å². The molecule has 0 N–H and O–H groups in total. The van der Waals surface area contributed by atoms with Gasteiger partial charge in [-0.2, -0.15) is 5.10 Å². The van der Waals surface area contributed by atoms with E-state index in [4.69, 9.17) is 0 Å². The standard InChI is InChI=1S/C25H36N2O/c1-2-21(17-22-12-5-3-6-13-22)11-9-10-14-23-18-24(20-28)26-27(19-23)25-15-7-4-8-16-25/h3,5-6,12-13,19-21,25H,2,4,7-11,14-18H2,1H3. The third-order valence-electron chi connectivity index (χ3n) is 6.36. The Morgan fingerprint density at radius 2 is 1.93 bits per heavy atom. The predicted molar refractivity (Wildman–Crippen MR) is 117 cm³/mol. The molecule has 1 heterocycles. The molecule has 1 unspecified atom stereocenters. The number of unbranched alkanes of at least 4 members (excludes halogenated alkanes) is 1. The van der Waals surface area contributed by atoms with Crippen LogP contribution in [0, 0.1) is 5.92 Å². The molecule has 3 rings (SSSR count). The average molecular weight is 381 g/mol. The number of benzene rings is 1. The molecule has 0 bridgehead atoms. The van der Waals surface area contributed by atoms with Crippen molar-refractivity contribution in [3.63, 3.8) is 0 Å². The highest BCUT2D eigenvalue weighted by atomic mass is 16.1. The van der Waals surface area contributed by atoms with Crippen LogP contribution in [-0.4, -0.2) is 23.0 Å². The maximum Gasteiger partial charge on any atom is 0.166 e. The van der Waals surface area contributed by atoms with Gasteiger partial charge in [0.15, 0.2) is 6.29 Å². The summed E-state index contributed by atoms with van der Waals surface area (Å²) in [6.07, 6.45) is 17.6. The minimum atomic E-state index is 0.495. The molecule has 1 aromatic rings. The SMILES string of the molecule is CCC(CCCCC1=CN(C2CCCCC2)N=C(C=O)C1)Cc1ccccc1. The van der Waals surface area contributed by atoms with Crippen LogP contribution in [-0.2, 0) is 11.2 Å². The molecule has 0 saturated heterocycles. The van der Waals surface area contributed by atoms with Crippen LogP contribution in [0.1, 0.15) is 83.1 Å². The fourth-order valence-corrected chi connectivity index (χ4v) is 4.61. The Kier molecular flexibility index (Phi) is 8.32. The van der Waals surface area contributed by atoms with Crippen LogP contribution in [0.4, 0.5) is 0 Å². The lowest BCUT2D eigenvalue weighted by molar-refractivity contribution is -0.102. The molecule has 0 aromatic heterocycles. The number of hydrogen-bond donors (Lipinski definition) is 0. The molecule has 1 fully saturated rings. The van der Waals surface area contributed by atoms with Crippen molar-refractivity contribution in [2.75, 3.05) is 0 Å². The second-order valence-corrected chi connectivity index (χ2v) is 8.55. The Hall–Kier alpha value is -1.90. The Morgan fingerprint density at radius 3 is 2.64 bits per heavy atom. The van der Waals surface area contributed by atoms with Crippen LogP contribution in [0.5, 0.6) is 0 Å². The third kappa shape index (κ3) is 6.32. The molecule has 152 valence electrons. The van der Waals surface area contributed by atoms with Crippen molar-refractivity contribution >= 4 is 12.0 Å². The summed E-state index contributed by atoms with van der Waals surface area (Å²) in [5.41, 5.74) is 3.55. The lowest BCUT2D eigenvalue weighted by Crippen LogP contribution is -2.32. The molecule has 1 aliphatic heterocycles. The van der Waals surface area contributed by atoms with Gasteiger partial charge in [-0.15, -0.1) is 0 Å². The number of rotatable bonds is 10. The van der Waals surface area contributed by atoms with E-state index >= 15 is 0 Å². The maximum atomic E-state index is 11.4. The van der Waals surface area contributed by atoms with E-state index < -0.39 is 0 Å². The van der Waals surface area contributed by atoms with Crippen molar-refractivity contribution < 1.29 is 4.79 Å². The molecule has 1 aliphatic carbocycles. The smallest absolute Gasteiger partial charge is 0.166 e. The number of allylic oxidation sites excluding steroid dienone is 1.